The Morgan fingerprint density at radius 3 is 2.22 bits per heavy atom. The van der Waals surface area contributed by atoms with E-state index < -0.39 is 0 Å². The zero-order valence-electron chi connectivity index (χ0n) is 21.1. The molecule has 0 radical (unpaired) electrons. The highest BCUT2D eigenvalue weighted by Crippen LogP contribution is 2.25. The van der Waals surface area contributed by atoms with E-state index in [4.69, 9.17) is 0 Å². The molecule has 5 rings (SSSR count). The van der Waals surface area contributed by atoms with Crippen molar-refractivity contribution < 1.29 is 9.59 Å². The predicted molar refractivity (Wildman–Crippen MR) is 147 cm³/mol. The van der Waals surface area contributed by atoms with Crippen LogP contribution in [0.15, 0.2) is 79.0 Å². The minimum absolute atomic E-state index is 0.0558. The summed E-state index contributed by atoms with van der Waals surface area (Å²) in [4.78, 5) is 37.7. The van der Waals surface area contributed by atoms with Gasteiger partial charge in [-0.05, 0) is 48.6 Å². The smallest absolute Gasteiger partial charge is 0.252 e. The fourth-order valence-electron chi connectivity index (χ4n) is 4.94. The molecule has 1 aliphatic carbocycles. The van der Waals surface area contributed by atoms with Gasteiger partial charge in [-0.25, -0.2) is 4.98 Å². The van der Waals surface area contributed by atoms with Crippen molar-refractivity contribution >= 4 is 34.2 Å². The van der Waals surface area contributed by atoms with E-state index in [0.717, 1.165) is 42.3 Å². The zero-order valence-corrected chi connectivity index (χ0v) is 21.1. The van der Waals surface area contributed by atoms with Crippen LogP contribution in [0.5, 0.6) is 0 Å². The number of carbonyl (C=O) groups excluding carboxylic acids is 2. The lowest BCUT2D eigenvalue weighted by atomic mass is 9.90. The average molecular weight is 494 g/mol. The van der Waals surface area contributed by atoms with Gasteiger partial charge in [0.25, 0.3) is 5.91 Å². The molecule has 1 heterocycles. The molecule has 37 heavy (non-hydrogen) atoms. The summed E-state index contributed by atoms with van der Waals surface area (Å²) in [5, 5.41) is 8.49. The first-order valence-electron chi connectivity index (χ1n) is 12.7. The number of fused-ring (bicyclic) bond motifs is 1. The van der Waals surface area contributed by atoms with Crippen molar-refractivity contribution in [3.8, 4) is 0 Å². The van der Waals surface area contributed by atoms with E-state index in [2.05, 4.69) is 20.6 Å². The van der Waals surface area contributed by atoms with Crippen molar-refractivity contribution in [3.63, 3.8) is 0 Å². The van der Waals surface area contributed by atoms with Gasteiger partial charge in [-0.15, -0.1) is 0 Å². The lowest BCUT2D eigenvalue weighted by Crippen LogP contribution is -2.40. The van der Waals surface area contributed by atoms with Crippen LogP contribution in [0.1, 0.15) is 52.0 Å². The Hall–Kier alpha value is -4.26. The Balaban J connectivity index is 1.25. The van der Waals surface area contributed by atoms with Gasteiger partial charge in [0, 0.05) is 43.5 Å². The zero-order chi connectivity index (χ0) is 25.8. The van der Waals surface area contributed by atoms with Crippen LogP contribution in [-0.4, -0.2) is 47.8 Å². The molecule has 1 aromatic heterocycles. The molecule has 1 saturated carbocycles. The van der Waals surface area contributed by atoms with E-state index >= 15 is 0 Å². The first-order valence-corrected chi connectivity index (χ1v) is 12.7. The van der Waals surface area contributed by atoms with Crippen molar-refractivity contribution in [2.24, 2.45) is 0 Å². The van der Waals surface area contributed by atoms with Crippen LogP contribution in [0.25, 0.3) is 10.8 Å². The number of amides is 1. The average Bonchev–Trinajstić information content (AvgIpc) is 2.93. The van der Waals surface area contributed by atoms with Crippen LogP contribution in [0.2, 0.25) is 0 Å². The Morgan fingerprint density at radius 2 is 1.43 bits per heavy atom. The Bertz CT molecular complexity index is 1420. The van der Waals surface area contributed by atoms with Gasteiger partial charge in [0.05, 0.1) is 5.56 Å². The second-order valence-corrected chi connectivity index (χ2v) is 9.70. The fraction of sp³-hybridized carbons (Fsp3) is 0.267. The van der Waals surface area contributed by atoms with E-state index in [-0.39, 0.29) is 23.8 Å². The first-order chi connectivity index (χ1) is 18.0. The number of aromatic nitrogens is 2. The van der Waals surface area contributed by atoms with Crippen molar-refractivity contribution in [2.45, 2.75) is 37.8 Å². The highest BCUT2D eigenvalue weighted by molar-refractivity contribution is 6.20. The molecular formula is C30H31N5O2. The molecule has 3 aromatic carbocycles. The largest absolute Gasteiger partial charge is 0.363 e. The Kier molecular flexibility index (Phi) is 7.12. The van der Waals surface area contributed by atoms with E-state index in [1.807, 2.05) is 67.5 Å². The number of benzene rings is 3. The van der Waals surface area contributed by atoms with Gasteiger partial charge in [-0.2, -0.15) is 4.98 Å². The number of carbonyl (C=O) groups is 2. The highest BCUT2D eigenvalue weighted by Gasteiger charge is 2.25. The summed E-state index contributed by atoms with van der Waals surface area (Å²) in [6, 6.07) is 22.8. The maximum Gasteiger partial charge on any atom is 0.252 e. The lowest BCUT2D eigenvalue weighted by molar-refractivity contribution is 0.0917. The molecule has 0 unspecified atom stereocenters. The molecule has 7 nitrogen and oxygen atoms in total. The van der Waals surface area contributed by atoms with Crippen molar-refractivity contribution in [3.05, 3.63) is 95.7 Å². The molecule has 4 aromatic rings. The monoisotopic (exact) mass is 493 g/mol. The molecule has 0 spiro atoms. The number of hydrogen-bond acceptors (Lipinski definition) is 6. The standard InChI is InChI=1S/C30H31N5O2/c1-35(2)27-18-19-31-30(34-27)33-22-16-14-21(15-17-22)32-29(37)26-12-6-5-11-25(26)28(36)24-13-7-9-20-8-3-4-10-23(20)24/h3-13,18-19,21-22H,14-17H2,1-2H3,(H,32,37)(H,31,33,34). The second kappa shape index (κ2) is 10.8. The van der Waals surface area contributed by atoms with Crippen molar-refractivity contribution in [1.82, 2.24) is 15.3 Å². The topological polar surface area (TPSA) is 87.2 Å². The van der Waals surface area contributed by atoms with Crippen LogP contribution in [0.3, 0.4) is 0 Å². The first kappa shape index (κ1) is 24.4. The summed E-state index contributed by atoms with van der Waals surface area (Å²) in [5.41, 5.74) is 1.43. The Morgan fingerprint density at radius 1 is 0.784 bits per heavy atom. The minimum atomic E-state index is -0.206. The molecule has 0 saturated heterocycles. The third-order valence-corrected chi connectivity index (χ3v) is 6.95. The van der Waals surface area contributed by atoms with Gasteiger partial charge < -0.3 is 15.5 Å². The number of nitrogens with zero attached hydrogens (tertiary/aromatic N) is 3. The van der Waals surface area contributed by atoms with E-state index in [9.17, 15) is 9.59 Å². The van der Waals surface area contributed by atoms with Crippen LogP contribution < -0.4 is 15.5 Å². The maximum absolute atomic E-state index is 13.6. The molecule has 1 aliphatic rings. The normalized spacial score (nSPS) is 17.2. The van der Waals surface area contributed by atoms with E-state index in [1.165, 1.54) is 0 Å². The lowest BCUT2D eigenvalue weighted by Gasteiger charge is -2.30. The summed E-state index contributed by atoms with van der Waals surface area (Å²) in [6.07, 6.45) is 5.24. The fourth-order valence-corrected chi connectivity index (χ4v) is 4.94. The van der Waals surface area contributed by atoms with E-state index in [0.29, 0.717) is 22.6 Å². The summed E-state index contributed by atoms with van der Waals surface area (Å²) in [7, 11) is 3.90. The number of nitrogens with one attached hydrogen (secondary N) is 2. The quantitative estimate of drug-likeness (QED) is 0.349. The molecule has 0 atom stereocenters. The minimum Gasteiger partial charge on any atom is -0.363 e. The predicted octanol–water partition coefficient (Wildman–Crippen LogP) is 5.08. The third-order valence-electron chi connectivity index (χ3n) is 6.95. The summed E-state index contributed by atoms with van der Waals surface area (Å²) >= 11 is 0. The maximum atomic E-state index is 13.6. The number of anilines is 2. The molecule has 188 valence electrons. The van der Waals surface area contributed by atoms with Gasteiger partial charge in [0.2, 0.25) is 5.95 Å². The summed E-state index contributed by atoms with van der Waals surface area (Å²) in [6.45, 7) is 0. The molecule has 1 fully saturated rings. The summed E-state index contributed by atoms with van der Waals surface area (Å²) in [5.74, 6) is 1.13. The van der Waals surface area contributed by atoms with Crippen molar-refractivity contribution in [1.29, 1.82) is 0 Å². The van der Waals surface area contributed by atoms with Crippen LogP contribution in [0, 0.1) is 0 Å². The molecule has 0 bridgehead atoms. The second-order valence-electron chi connectivity index (χ2n) is 9.70. The van der Waals surface area contributed by atoms with Gasteiger partial charge in [-0.1, -0.05) is 60.7 Å². The van der Waals surface area contributed by atoms with Gasteiger partial charge in [-0.3, -0.25) is 9.59 Å². The van der Waals surface area contributed by atoms with Crippen LogP contribution in [-0.2, 0) is 0 Å². The number of ketones is 1. The highest BCUT2D eigenvalue weighted by atomic mass is 16.2. The Labute approximate surface area is 216 Å². The van der Waals surface area contributed by atoms with E-state index in [1.54, 1.807) is 30.5 Å². The van der Waals surface area contributed by atoms with Gasteiger partial charge in [0.15, 0.2) is 5.78 Å². The van der Waals surface area contributed by atoms with Crippen LogP contribution in [0.4, 0.5) is 11.8 Å². The molecule has 2 N–H and O–H groups in total. The number of hydrogen-bond donors (Lipinski definition) is 2. The SMILES string of the molecule is CN(C)c1ccnc(NC2CCC(NC(=O)c3ccccc3C(=O)c3cccc4ccccc34)CC2)n1. The molecular weight excluding hydrogens is 462 g/mol. The van der Waals surface area contributed by atoms with Gasteiger partial charge in [0.1, 0.15) is 5.82 Å². The summed E-state index contributed by atoms with van der Waals surface area (Å²) < 4.78 is 0. The number of rotatable bonds is 7. The molecule has 7 heteroatoms. The molecule has 0 aliphatic heterocycles. The third kappa shape index (κ3) is 5.45. The van der Waals surface area contributed by atoms with Crippen molar-refractivity contribution in [2.75, 3.05) is 24.3 Å². The van der Waals surface area contributed by atoms with Gasteiger partial charge >= 0.3 is 0 Å². The van der Waals surface area contributed by atoms with Crippen LogP contribution >= 0.6 is 0 Å². The molecule has 1 amide bonds.